The van der Waals surface area contributed by atoms with E-state index >= 15 is 0 Å². The number of hydrogen-bond donors (Lipinski definition) is 1. The Morgan fingerprint density at radius 2 is 2.00 bits per heavy atom. The van der Waals surface area contributed by atoms with Crippen molar-refractivity contribution in [3.8, 4) is 11.5 Å². The van der Waals surface area contributed by atoms with Gasteiger partial charge in [0.25, 0.3) is 5.91 Å². The van der Waals surface area contributed by atoms with Crippen LogP contribution in [0.3, 0.4) is 0 Å². The predicted octanol–water partition coefficient (Wildman–Crippen LogP) is 2.38. The molecule has 0 bridgehead atoms. The normalized spacial score (nSPS) is 11.7. The lowest BCUT2D eigenvalue weighted by molar-refractivity contribution is -0.123. The number of benzene rings is 1. The van der Waals surface area contributed by atoms with Crippen molar-refractivity contribution in [1.29, 1.82) is 0 Å². The topological polar surface area (TPSA) is 47.6 Å². The van der Waals surface area contributed by atoms with Crippen LogP contribution in [0.2, 0.25) is 0 Å². The van der Waals surface area contributed by atoms with Crippen LogP contribution in [-0.4, -0.2) is 25.7 Å². The molecule has 1 rings (SSSR count). The largest absolute Gasteiger partial charge is 0.493 e. The average Bonchev–Trinajstić information content (AvgIpc) is 2.37. The molecule has 0 fully saturated rings. The summed E-state index contributed by atoms with van der Waals surface area (Å²) < 4.78 is 10.6. The van der Waals surface area contributed by atoms with Crippen LogP contribution in [0.1, 0.15) is 26.7 Å². The fraction of sp³-hybridized carbons (Fsp3) is 0.500. The maximum Gasteiger partial charge on any atom is 0.258 e. The van der Waals surface area contributed by atoms with Crippen LogP contribution >= 0.6 is 0 Å². The van der Waals surface area contributed by atoms with Crippen molar-refractivity contribution >= 4 is 5.91 Å². The maximum absolute atomic E-state index is 11.6. The Hall–Kier alpha value is -1.71. The second kappa shape index (κ2) is 7.58. The van der Waals surface area contributed by atoms with E-state index in [-0.39, 0.29) is 18.6 Å². The highest BCUT2D eigenvalue weighted by Gasteiger charge is 2.09. The molecule has 4 heteroatoms. The van der Waals surface area contributed by atoms with Gasteiger partial charge in [0.1, 0.15) is 0 Å². The van der Waals surface area contributed by atoms with Crippen LogP contribution in [0.15, 0.2) is 24.3 Å². The van der Waals surface area contributed by atoms with Crippen LogP contribution in [0.5, 0.6) is 11.5 Å². The first kappa shape index (κ1) is 14.4. The summed E-state index contributed by atoms with van der Waals surface area (Å²) in [6, 6.07) is 7.46. The zero-order valence-corrected chi connectivity index (χ0v) is 11.2. The first-order valence-corrected chi connectivity index (χ1v) is 6.22. The fourth-order valence-electron chi connectivity index (χ4n) is 1.70. The van der Waals surface area contributed by atoms with E-state index in [1.165, 1.54) is 0 Å². The van der Waals surface area contributed by atoms with Gasteiger partial charge in [-0.25, -0.2) is 0 Å². The quantitative estimate of drug-likeness (QED) is 0.809. The lowest BCUT2D eigenvalue weighted by Gasteiger charge is -2.14. The van der Waals surface area contributed by atoms with Crippen LogP contribution in [0.4, 0.5) is 0 Å². The lowest BCUT2D eigenvalue weighted by Crippen LogP contribution is -2.35. The third-order valence-corrected chi connectivity index (χ3v) is 2.56. The Morgan fingerprint density at radius 3 is 2.61 bits per heavy atom. The Bertz CT molecular complexity index is 379. The standard InChI is InChI=1S/C14H21NO3/c1-4-7-11(2)15-14(16)10-18-13-9-6-5-8-12(13)17-3/h5-6,8-9,11H,4,7,10H2,1-3H3,(H,15,16)/t11-/m1/s1. The minimum absolute atomic E-state index is 0.00836. The van der Waals surface area contributed by atoms with Crippen LogP contribution < -0.4 is 14.8 Å². The molecule has 1 aromatic rings. The lowest BCUT2D eigenvalue weighted by atomic mass is 10.2. The van der Waals surface area contributed by atoms with Crippen molar-refractivity contribution in [3.63, 3.8) is 0 Å². The number of rotatable bonds is 7. The molecule has 4 nitrogen and oxygen atoms in total. The predicted molar refractivity (Wildman–Crippen MR) is 71.0 cm³/mol. The van der Waals surface area contributed by atoms with E-state index in [4.69, 9.17) is 9.47 Å². The second-order valence-electron chi connectivity index (χ2n) is 4.20. The summed E-state index contributed by atoms with van der Waals surface area (Å²) in [5.74, 6) is 1.10. The minimum atomic E-state index is -0.109. The van der Waals surface area contributed by atoms with Gasteiger partial charge in [-0.1, -0.05) is 25.5 Å². The van der Waals surface area contributed by atoms with Gasteiger partial charge in [0, 0.05) is 6.04 Å². The van der Waals surface area contributed by atoms with Gasteiger partial charge in [-0.15, -0.1) is 0 Å². The van der Waals surface area contributed by atoms with E-state index < -0.39 is 0 Å². The van der Waals surface area contributed by atoms with Gasteiger partial charge in [0.05, 0.1) is 7.11 Å². The molecule has 1 N–H and O–H groups in total. The molecule has 0 aromatic heterocycles. The summed E-state index contributed by atoms with van der Waals surface area (Å²) in [6.07, 6.45) is 2.02. The molecule has 18 heavy (non-hydrogen) atoms. The van der Waals surface area contributed by atoms with Crippen molar-refractivity contribution in [3.05, 3.63) is 24.3 Å². The van der Waals surface area contributed by atoms with Gasteiger partial charge in [0.15, 0.2) is 18.1 Å². The van der Waals surface area contributed by atoms with Gasteiger partial charge in [-0.05, 0) is 25.5 Å². The SMILES string of the molecule is CCC[C@@H](C)NC(=O)COc1ccccc1OC. The number of ether oxygens (including phenoxy) is 2. The Labute approximate surface area is 108 Å². The first-order chi connectivity index (χ1) is 8.67. The van der Waals surface area contributed by atoms with Crippen molar-refractivity contribution in [2.45, 2.75) is 32.7 Å². The van der Waals surface area contributed by atoms with Crippen molar-refractivity contribution in [1.82, 2.24) is 5.32 Å². The van der Waals surface area contributed by atoms with E-state index in [9.17, 15) is 4.79 Å². The summed E-state index contributed by atoms with van der Waals surface area (Å²) in [5.41, 5.74) is 0. The van der Waals surface area contributed by atoms with Crippen molar-refractivity contribution in [2.75, 3.05) is 13.7 Å². The first-order valence-electron chi connectivity index (χ1n) is 6.22. The zero-order chi connectivity index (χ0) is 13.4. The zero-order valence-electron chi connectivity index (χ0n) is 11.2. The molecule has 0 radical (unpaired) electrons. The molecule has 0 aliphatic heterocycles. The molecular formula is C14H21NO3. The second-order valence-corrected chi connectivity index (χ2v) is 4.20. The summed E-state index contributed by atoms with van der Waals surface area (Å²) in [5, 5.41) is 2.88. The molecular weight excluding hydrogens is 230 g/mol. The molecule has 0 aliphatic rings. The Kier molecular flexibility index (Phi) is 6.05. The number of para-hydroxylation sites is 2. The van der Waals surface area contributed by atoms with Gasteiger partial charge in [-0.2, -0.15) is 0 Å². The fourth-order valence-corrected chi connectivity index (χ4v) is 1.70. The molecule has 0 unspecified atom stereocenters. The van der Waals surface area contributed by atoms with E-state index in [0.29, 0.717) is 11.5 Å². The number of hydrogen-bond acceptors (Lipinski definition) is 3. The summed E-state index contributed by atoms with van der Waals surface area (Å²) in [7, 11) is 1.57. The average molecular weight is 251 g/mol. The number of carbonyl (C=O) groups excluding carboxylic acids is 1. The Morgan fingerprint density at radius 1 is 1.33 bits per heavy atom. The van der Waals surface area contributed by atoms with E-state index in [1.807, 2.05) is 19.1 Å². The van der Waals surface area contributed by atoms with E-state index in [1.54, 1.807) is 19.2 Å². The molecule has 1 aromatic carbocycles. The maximum atomic E-state index is 11.6. The Balaban J connectivity index is 2.42. The number of amides is 1. The van der Waals surface area contributed by atoms with Crippen LogP contribution in [-0.2, 0) is 4.79 Å². The smallest absolute Gasteiger partial charge is 0.258 e. The number of nitrogens with one attached hydrogen (secondary N) is 1. The monoisotopic (exact) mass is 251 g/mol. The molecule has 0 saturated heterocycles. The van der Waals surface area contributed by atoms with Crippen molar-refractivity contribution < 1.29 is 14.3 Å². The summed E-state index contributed by atoms with van der Waals surface area (Å²) in [6.45, 7) is 4.09. The van der Waals surface area contributed by atoms with Gasteiger partial charge < -0.3 is 14.8 Å². The summed E-state index contributed by atoms with van der Waals surface area (Å²) >= 11 is 0. The molecule has 0 saturated carbocycles. The highest BCUT2D eigenvalue weighted by atomic mass is 16.5. The molecule has 0 aliphatic carbocycles. The number of methoxy groups -OCH3 is 1. The highest BCUT2D eigenvalue weighted by molar-refractivity contribution is 5.77. The van der Waals surface area contributed by atoms with E-state index in [2.05, 4.69) is 12.2 Å². The molecule has 1 atom stereocenters. The van der Waals surface area contributed by atoms with Crippen LogP contribution in [0.25, 0.3) is 0 Å². The molecule has 0 heterocycles. The van der Waals surface area contributed by atoms with Gasteiger partial charge >= 0.3 is 0 Å². The molecule has 1 amide bonds. The minimum Gasteiger partial charge on any atom is -0.493 e. The van der Waals surface area contributed by atoms with E-state index in [0.717, 1.165) is 12.8 Å². The molecule has 100 valence electrons. The molecule has 0 spiro atoms. The third-order valence-electron chi connectivity index (χ3n) is 2.56. The third kappa shape index (κ3) is 4.65. The van der Waals surface area contributed by atoms with Crippen LogP contribution in [0, 0.1) is 0 Å². The number of carbonyl (C=O) groups is 1. The van der Waals surface area contributed by atoms with Crippen molar-refractivity contribution in [2.24, 2.45) is 0 Å². The summed E-state index contributed by atoms with van der Waals surface area (Å²) in [4.78, 5) is 11.6. The highest BCUT2D eigenvalue weighted by Crippen LogP contribution is 2.25. The van der Waals surface area contributed by atoms with Gasteiger partial charge in [0.2, 0.25) is 0 Å². The van der Waals surface area contributed by atoms with Gasteiger partial charge in [-0.3, -0.25) is 4.79 Å².